The molecule has 1 saturated heterocycles. The van der Waals surface area contributed by atoms with E-state index >= 15 is 0 Å². The molecule has 1 aromatic carbocycles. The number of benzene rings is 1. The Morgan fingerprint density at radius 3 is 2.95 bits per heavy atom. The molecule has 0 aromatic heterocycles. The van der Waals surface area contributed by atoms with E-state index in [1.165, 1.54) is 0 Å². The summed E-state index contributed by atoms with van der Waals surface area (Å²) in [4.78, 5) is 14.5. The molecule has 0 radical (unpaired) electrons. The number of nitrogens with zero attached hydrogens (tertiary/aromatic N) is 1. The van der Waals surface area contributed by atoms with Gasteiger partial charge in [-0.25, -0.2) is 0 Å². The van der Waals surface area contributed by atoms with Gasteiger partial charge in [0.1, 0.15) is 12.4 Å². The van der Waals surface area contributed by atoms with Gasteiger partial charge in [0.15, 0.2) is 0 Å². The summed E-state index contributed by atoms with van der Waals surface area (Å²) in [5.74, 6) is 0.928. The molecule has 2 heterocycles. The van der Waals surface area contributed by atoms with Crippen molar-refractivity contribution in [1.29, 1.82) is 0 Å². The van der Waals surface area contributed by atoms with E-state index in [1.54, 1.807) is 0 Å². The Bertz CT molecular complexity index is 486. The summed E-state index contributed by atoms with van der Waals surface area (Å²) in [5, 5.41) is 3.03. The van der Waals surface area contributed by atoms with Gasteiger partial charge < -0.3 is 14.8 Å². The predicted octanol–water partition coefficient (Wildman–Crippen LogP) is 0.686. The minimum absolute atomic E-state index is 0.0791. The summed E-state index contributed by atoms with van der Waals surface area (Å²) < 4.78 is 11.0. The lowest BCUT2D eigenvalue weighted by Gasteiger charge is -2.27. The standard InChI is InChI=1S/C16H22N2O3/c19-16(17-5-6-18-7-9-20-10-8-18)14-11-13-3-1-2-4-15(13)21-12-14/h1-4,14H,5-12H2,(H,17,19). The van der Waals surface area contributed by atoms with Crippen molar-refractivity contribution in [2.24, 2.45) is 5.92 Å². The first-order valence-corrected chi connectivity index (χ1v) is 7.61. The van der Waals surface area contributed by atoms with Gasteiger partial charge in [0.25, 0.3) is 0 Å². The van der Waals surface area contributed by atoms with Crippen LogP contribution in [0.4, 0.5) is 0 Å². The number of para-hydroxylation sites is 1. The molecular formula is C16H22N2O3. The SMILES string of the molecule is O=C(NCCN1CCOCC1)C1COc2ccccc2C1. The van der Waals surface area contributed by atoms with Crippen LogP contribution >= 0.6 is 0 Å². The molecule has 2 aliphatic rings. The van der Waals surface area contributed by atoms with Crippen LogP contribution in [0.15, 0.2) is 24.3 Å². The Morgan fingerprint density at radius 2 is 2.10 bits per heavy atom. The second-order valence-electron chi connectivity index (χ2n) is 5.56. The Kier molecular flexibility index (Phi) is 4.72. The summed E-state index contributed by atoms with van der Waals surface area (Å²) >= 11 is 0. The summed E-state index contributed by atoms with van der Waals surface area (Å²) in [5.41, 5.74) is 1.12. The zero-order valence-corrected chi connectivity index (χ0v) is 12.2. The number of morpholine rings is 1. The zero-order valence-electron chi connectivity index (χ0n) is 12.2. The van der Waals surface area contributed by atoms with Gasteiger partial charge in [-0.05, 0) is 18.1 Å². The number of ether oxygens (including phenoxy) is 2. The lowest BCUT2D eigenvalue weighted by Crippen LogP contribution is -2.43. The maximum absolute atomic E-state index is 12.2. The molecule has 1 aromatic rings. The number of hydrogen-bond acceptors (Lipinski definition) is 4. The van der Waals surface area contributed by atoms with Crippen molar-refractivity contribution >= 4 is 5.91 Å². The van der Waals surface area contributed by atoms with Crippen molar-refractivity contribution in [3.63, 3.8) is 0 Å². The fourth-order valence-electron chi connectivity index (χ4n) is 2.80. The molecule has 1 atom stereocenters. The highest BCUT2D eigenvalue weighted by Gasteiger charge is 2.25. The predicted molar refractivity (Wildman–Crippen MR) is 79.4 cm³/mol. The first-order chi connectivity index (χ1) is 10.3. The monoisotopic (exact) mass is 290 g/mol. The molecule has 1 amide bonds. The van der Waals surface area contributed by atoms with Crippen molar-refractivity contribution in [3.8, 4) is 5.75 Å². The number of carbonyl (C=O) groups excluding carboxylic acids is 1. The molecule has 21 heavy (non-hydrogen) atoms. The first kappa shape index (κ1) is 14.4. The Balaban J connectivity index is 1.44. The molecule has 5 nitrogen and oxygen atoms in total. The fraction of sp³-hybridized carbons (Fsp3) is 0.562. The highest BCUT2D eigenvalue weighted by atomic mass is 16.5. The molecule has 0 aliphatic carbocycles. The van der Waals surface area contributed by atoms with Crippen LogP contribution in [-0.2, 0) is 16.0 Å². The van der Waals surface area contributed by atoms with Gasteiger partial charge in [0, 0.05) is 26.2 Å². The summed E-state index contributed by atoms with van der Waals surface area (Å²) in [7, 11) is 0. The summed E-state index contributed by atoms with van der Waals surface area (Å²) in [6, 6.07) is 7.94. The van der Waals surface area contributed by atoms with Gasteiger partial charge >= 0.3 is 0 Å². The van der Waals surface area contributed by atoms with E-state index in [9.17, 15) is 4.79 Å². The van der Waals surface area contributed by atoms with Crippen molar-refractivity contribution in [2.45, 2.75) is 6.42 Å². The Hall–Kier alpha value is -1.59. The molecule has 0 saturated carbocycles. The molecule has 0 bridgehead atoms. The largest absolute Gasteiger partial charge is 0.492 e. The van der Waals surface area contributed by atoms with Crippen LogP contribution in [0.1, 0.15) is 5.56 Å². The minimum atomic E-state index is -0.0791. The molecule has 2 aliphatic heterocycles. The van der Waals surface area contributed by atoms with Crippen molar-refractivity contribution in [2.75, 3.05) is 46.0 Å². The fourth-order valence-corrected chi connectivity index (χ4v) is 2.80. The molecule has 1 N–H and O–H groups in total. The molecule has 5 heteroatoms. The van der Waals surface area contributed by atoms with Crippen LogP contribution in [0, 0.1) is 5.92 Å². The number of rotatable bonds is 4. The summed E-state index contributed by atoms with van der Waals surface area (Å²) in [6.07, 6.45) is 0.763. The highest BCUT2D eigenvalue weighted by Crippen LogP contribution is 2.26. The first-order valence-electron chi connectivity index (χ1n) is 7.61. The van der Waals surface area contributed by atoms with Crippen LogP contribution in [0.3, 0.4) is 0 Å². The third-order valence-corrected chi connectivity index (χ3v) is 4.08. The molecule has 1 fully saturated rings. The second-order valence-corrected chi connectivity index (χ2v) is 5.56. The van der Waals surface area contributed by atoms with E-state index in [4.69, 9.17) is 9.47 Å². The molecular weight excluding hydrogens is 268 g/mol. The van der Waals surface area contributed by atoms with Gasteiger partial charge in [-0.1, -0.05) is 18.2 Å². The number of carbonyl (C=O) groups is 1. The van der Waals surface area contributed by atoms with Crippen molar-refractivity contribution in [3.05, 3.63) is 29.8 Å². The van der Waals surface area contributed by atoms with Crippen molar-refractivity contribution < 1.29 is 14.3 Å². The smallest absolute Gasteiger partial charge is 0.226 e. The number of amides is 1. The number of nitrogens with one attached hydrogen (secondary N) is 1. The number of fused-ring (bicyclic) bond motifs is 1. The van der Waals surface area contributed by atoms with E-state index in [-0.39, 0.29) is 11.8 Å². The second kappa shape index (κ2) is 6.91. The molecule has 1 unspecified atom stereocenters. The van der Waals surface area contributed by atoms with Crippen LogP contribution in [0.25, 0.3) is 0 Å². The number of hydrogen-bond donors (Lipinski definition) is 1. The molecule has 0 spiro atoms. The van der Waals surface area contributed by atoms with Gasteiger partial charge in [0.2, 0.25) is 5.91 Å². The lowest BCUT2D eigenvalue weighted by atomic mass is 9.96. The van der Waals surface area contributed by atoms with Crippen molar-refractivity contribution in [1.82, 2.24) is 10.2 Å². The van der Waals surface area contributed by atoms with Crippen LogP contribution < -0.4 is 10.1 Å². The Morgan fingerprint density at radius 1 is 1.29 bits per heavy atom. The van der Waals surface area contributed by atoms with Gasteiger partial charge in [-0.15, -0.1) is 0 Å². The van der Waals surface area contributed by atoms with Crippen LogP contribution in [0.5, 0.6) is 5.75 Å². The Labute approximate surface area is 125 Å². The van der Waals surface area contributed by atoms with E-state index in [2.05, 4.69) is 10.2 Å². The van der Waals surface area contributed by atoms with Crippen LogP contribution in [0.2, 0.25) is 0 Å². The van der Waals surface area contributed by atoms with E-state index in [1.807, 2.05) is 24.3 Å². The van der Waals surface area contributed by atoms with E-state index in [0.717, 1.165) is 50.6 Å². The average Bonchev–Trinajstić information content (AvgIpc) is 2.55. The van der Waals surface area contributed by atoms with Crippen LogP contribution in [-0.4, -0.2) is 56.8 Å². The maximum atomic E-state index is 12.2. The minimum Gasteiger partial charge on any atom is -0.492 e. The van der Waals surface area contributed by atoms with Gasteiger partial charge in [-0.3, -0.25) is 9.69 Å². The normalized spacial score (nSPS) is 22.2. The molecule has 3 rings (SSSR count). The van der Waals surface area contributed by atoms with Gasteiger partial charge in [0.05, 0.1) is 19.1 Å². The summed E-state index contributed by atoms with van der Waals surface area (Å²) in [6.45, 7) is 5.55. The molecule has 114 valence electrons. The highest BCUT2D eigenvalue weighted by molar-refractivity contribution is 5.79. The topological polar surface area (TPSA) is 50.8 Å². The lowest BCUT2D eigenvalue weighted by molar-refractivity contribution is -0.126. The third-order valence-electron chi connectivity index (χ3n) is 4.08. The third kappa shape index (κ3) is 3.74. The average molecular weight is 290 g/mol. The quantitative estimate of drug-likeness (QED) is 0.886. The maximum Gasteiger partial charge on any atom is 0.226 e. The van der Waals surface area contributed by atoms with E-state index < -0.39 is 0 Å². The zero-order chi connectivity index (χ0) is 14.5. The van der Waals surface area contributed by atoms with E-state index in [0.29, 0.717) is 13.2 Å². The van der Waals surface area contributed by atoms with Gasteiger partial charge in [-0.2, -0.15) is 0 Å².